The molecule has 0 aromatic heterocycles. The molecule has 2 heteroatoms. The van der Waals surface area contributed by atoms with Gasteiger partial charge in [0, 0.05) is 6.21 Å². The third kappa shape index (κ3) is 3.18. The van der Waals surface area contributed by atoms with Crippen molar-refractivity contribution in [1.82, 2.24) is 0 Å². The maximum atomic E-state index is 5.16. The van der Waals surface area contributed by atoms with Crippen molar-refractivity contribution in [2.24, 2.45) is 4.99 Å². The van der Waals surface area contributed by atoms with Crippen LogP contribution in [0, 0.1) is 6.92 Å². The van der Waals surface area contributed by atoms with Gasteiger partial charge in [-0.2, -0.15) is 0 Å². The second-order valence-corrected chi connectivity index (χ2v) is 3.87. The molecule has 86 valence electrons. The predicted octanol–water partition coefficient (Wildman–Crippen LogP) is 3.75. The van der Waals surface area contributed by atoms with Crippen LogP contribution in [0.3, 0.4) is 0 Å². The zero-order chi connectivity index (χ0) is 12.1. The molecule has 0 aliphatic heterocycles. The van der Waals surface area contributed by atoms with Crippen molar-refractivity contribution in [3.63, 3.8) is 0 Å². The number of aryl methyl sites for hydroxylation is 1. The standard InChI is InChI=1S/C15H15NO/c1-12-6-8-14(9-7-12)16-11-13-4-3-5-15(10-13)17-2/h3-11H,1-2H3. The van der Waals surface area contributed by atoms with Crippen molar-refractivity contribution < 1.29 is 4.74 Å². The first-order valence-electron chi connectivity index (χ1n) is 5.53. The van der Waals surface area contributed by atoms with Crippen LogP contribution in [0.5, 0.6) is 5.75 Å². The van der Waals surface area contributed by atoms with Crippen molar-refractivity contribution in [2.75, 3.05) is 7.11 Å². The summed E-state index contributed by atoms with van der Waals surface area (Å²) in [6.07, 6.45) is 1.84. The van der Waals surface area contributed by atoms with Gasteiger partial charge >= 0.3 is 0 Å². The molecule has 0 spiro atoms. The molecule has 2 aromatic rings. The van der Waals surface area contributed by atoms with E-state index in [4.69, 9.17) is 4.74 Å². The SMILES string of the molecule is COc1cccc(C=Nc2ccc(C)cc2)c1. The van der Waals surface area contributed by atoms with E-state index in [1.165, 1.54) is 5.56 Å². The largest absolute Gasteiger partial charge is 0.497 e. The maximum absolute atomic E-state index is 5.16. The smallest absolute Gasteiger partial charge is 0.119 e. The molecular formula is C15H15NO. The fourth-order valence-electron chi connectivity index (χ4n) is 1.50. The van der Waals surface area contributed by atoms with Crippen molar-refractivity contribution in [1.29, 1.82) is 0 Å². The highest BCUT2D eigenvalue weighted by molar-refractivity contribution is 5.82. The fourth-order valence-corrected chi connectivity index (χ4v) is 1.50. The zero-order valence-electron chi connectivity index (χ0n) is 10.1. The third-order valence-corrected chi connectivity index (χ3v) is 2.49. The molecule has 0 saturated carbocycles. The lowest BCUT2D eigenvalue weighted by Gasteiger charge is -1.99. The van der Waals surface area contributed by atoms with E-state index in [1.54, 1.807) is 7.11 Å². The van der Waals surface area contributed by atoms with E-state index in [2.05, 4.69) is 24.0 Å². The van der Waals surface area contributed by atoms with Gasteiger partial charge in [0.25, 0.3) is 0 Å². The summed E-state index contributed by atoms with van der Waals surface area (Å²) in [5.74, 6) is 0.845. The molecule has 0 saturated heterocycles. The van der Waals surface area contributed by atoms with E-state index in [9.17, 15) is 0 Å². The number of ether oxygens (including phenoxy) is 1. The number of methoxy groups -OCH3 is 1. The number of nitrogens with zero attached hydrogens (tertiary/aromatic N) is 1. The Kier molecular flexibility index (Phi) is 3.55. The van der Waals surface area contributed by atoms with Crippen molar-refractivity contribution in [3.8, 4) is 5.75 Å². The Labute approximate surface area is 102 Å². The summed E-state index contributed by atoms with van der Waals surface area (Å²) in [6, 6.07) is 15.9. The quantitative estimate of drug-likeness (QED) is 0.729. The highest BCUT2D eigenvalue weighted by Gasteiger charge is 1.92. The van der Waals surface area contributed by atoms with E-state index in [0.717, 1.165) is 17.0 Å². The molecule has 0 heterocycles. The van der Waals surface area contributed by atoms with Crippen molar-refractivity contribution in [3.05, 3.63) is 59.7 Å². The van der Waals surface area contributed by atoms with Gasteiger partial charge in [-0.25, -0.2) is 0 Å². The lowest BCUT2D eigenvalue weighted by Crippen LogP contribution is -1.85. The number of benzene rings is 2. The van der Waals surface area contributed by atoms with E-state index in [1.807, 2.05) is 42.6 Å². The average molecular weight is 225 g/mol. The molecule has 0 N–H and O–H groups in total. The number of hydrogen-bond donors (Lipinski definition) is 0. The fraction of sp³-hybridized carbons (Fsp3) is 0.133. The average Bonchev–Trinajstić information content (AvgIpc) is 2.38. The Hall–Kier alpha value is -2.09. The van der Waals surface area contributed by atoms with Crippen molar-refractivity contribution in [2.45, 2.75) is 6.92 Å². The van der Waals surface area contributed by atoms with Crippen LogP contribution in [0.1, 0.15) is 11.1 Å². The minimum atomic E-state index is 0.845. The van der Waals surface area contributed by atoms with Crippen LogP contribution >= 0.6 is 0 Å². The van der Waals surface area contributed by atoms with Crippen molar-refractivity contribution >= 4 is 11.9 Å². The lowest BCUT2D eigenvalue weighted by atomic mass is 10.2. The summed E-state index contributed by atoms with van der Waals surface area (Å²) in [4.78, 5) is 4.41. The van der Waals surface area contributed by atoms with Crippen LogP contribution in [-0.4, -0.2) is 13.3 Å². The van der Waals surface area contributed by atoms with E-state index in [0.29, 0.717) is 0 Å². The third-order valence-electron chi connectivity index (χ3n) is 2.49. The monoisotopic (exact) mass is 225 g/mol. The molecular weight excluding hydrogens is 210 g/mol. The van der Waals surface area contributed by atoms with Gasteiger partial charge in [0.05, 0.1) is 12.8 Å². The molecule has 2 rings (SSSR count). The van der Waals surface area contributed by atoms with Gasteiger partial charge in [-0.3, -0.25) is 4.99 Å². The molecule has 0 bridgehead atoms. The van der Waals surface area contributed by atoms with Crippen LogP contribution < -0.4 is 4.74 Å². The van der Waals surface area contributed by atoms with Gasteiger partial charge in [-0.15, -0.1) is 0 Å². The van der Waals surface area contributed by atoms with Crippen LogP contribution in [0.15, 0.2) is 53.5 Å². The second-order valence-electron chi connectivity index (χ2n) is 3.87. The summed E-state index contributed by atoms with van der Waals surface area (Å²) in [5.41, 5.74) is 3.23. The molecule has 17 heavy (non-hydrogen) atoms. The Bertz CT molecular complexity index is 515. The molecule has 0 fully saturated rings. The summed E-state index contributed by atoms with van der Waals surface area (Å²) < 4.78 is 5.16. The minimum Gasteiger partial charge on any atom is -0.497 e. The number of aliphatic imine (C=N–C) groups is 1. The Morgan fingerprint density at radius 2 is 1.82 bits per heavy atom. The van der Waals surface area contributed by atoms with Gasteiger partial charge < -0.3 is 4.74 Å². The summed E-state index contributed by atoms with van der Waals surface area (Å²) in [7, 11) is 1.66. The first-order valence-corrected chi connectivity index (χ1v) is 5.53. The molecule has 2 nitrogen and oxygen atoms in total. The topological polar surface area (TPSA) is 21.6 Å². The molecule has 0 radical (unpaired) electrons. The summed E-state index contributed by atoms with van der Waals surface area (Å²) >= 11 is 0. The van der Waals surface area contributed by atoms with Crippen LogP contribution in [0.4, 0.5) is 5.69 Å². The van der Waals surface area contributed by atoms with Gasteiger partial charge in [0.15, 0.2) is 0 Å². The molecule has 0 atom stereocenters. The van der Waals surface area contributed by atoms with Gasteiger partial charge in [-0.1, -0.05) is 29.8 Å². The highest BCUT2D eigenvalue weighted by Crippen LogP contribution is 2.14. The first-order chi connectivity index (χ1) is 8.28. The van der Waals surface area contributed by atoms with Gasteiger partial charge in [0.2, 0.25) is 0 Å². The van der Waals surface area contributed by atoms with E-state index >= 15 is 0 Å². The maximum Gasteiger partial charge on any atom is 0.119 e. The normalized spacial score (nSPS) is 10.7. The zero-order valence-corrected chi connectivity index (χ0v) is 10.1. The number of rotatable bonds is 3. The summed E-state index contributed by atoms with van der Waals surface area (Å²) in [6.45, 7) is 2.07. The second kappa shape index (κ2) is 5.30. The van der Waals surface area contributed by atoms with Gasteiger partial charge in [-0.05, 0) is 36.8 Å². The van der Waals surface area contributed by atoms with E-state index in [-0.39, 0.29) is 0 Å². The van der Waals surface area contributed by atoms with Gasteiger partial charge in [0.1, 0.15) is 5.75 Å². The van der Waals surface area contributed by atoms with Crippen LogP contribution in [-0.2, 0) is 0 Å². The Balaban J connectivity index is 2.16. The lowest BCUT2D eigenvalue weighted by molar-refractivity contribution is 0.415. The van der Waals surface area contributed by atoms with Crippen LogP contribution in [0.2, 0.25) is 0 Å². The Morgan fingerprint density at radius 3 is 2.53 bits per heavy atom. The summed E-state index contributed by atoms with van der Waals surface area (Å²) in [5, 5.41) is 0. The Morgan fingerprint density at radius 1 is 1.06 bits per heavy atom. The minimum absolute atomic E-state index is 0.845. The molecule has 0 unspecified atom stereocenters. The van der Waals surface area contributed by atoms with Crippen LogP contribution in [0.25, 0.3) is 0 Å². The predicted molar refractivity (Wildman–Crippen MR) is 71.4 cm³/mol. The number of hydrogen-bond acceptors (Lipinski definition) is 2. The molecule has 0 amide bonds. The first kappa shape index (κ1) is 11.4. The molecule has 2 aromatic carbocycles. The highest BCUT2D eigenvalue weighted by atomic mass is 16.5. The molecule has 0 aliphatic rings. The van der Waals surface area contributed by atoms with E-state index < -0.39 is 0 Å². The molecule has 0 aliphatic carbocycles.